The van der Waals surface area contributed by atoms with Gasteiger partial charge in [-0.1, -0.05) is 6.92 Å². The second kappa shape index (κ2) is 5.54. The van der Waals surface area contributed by atoms with Crippen molar-refractivity contribution in [3.8, 4) is 0 Å². The van der Waals surface area contributed by atoms with E-state index in [4.69, 9.17) is 0 Å². The second-order valence-corrected chi connectivity index (χ2v) is 6.24. The Morgan fingerprint density at radius 1 is 1.55 bits per heavy atom. The SMILES string of the molecule is CCC1c2ccsc2CCN1C(=O)C1CNC(=O)CN1. The van der Waals surface area contributed by atoms with Crippen LogP contribution in [0.1, 0.15) is 29.8 Å². The molecule has 2 amide bonds. The van der Waals surface area contributed by atoms with E-state index < -0.39 is 0 Å². The summed E-state index contributed by atoms with van der Waals surface area (Å²) in [6.45, 7) is 3.51. The Labute approximate surface area is 122 Å². The van der Waals surface area contributed by atoms with Crippen molar-refractivity contribution in [2.24, 2.45) is 0 Å². The van der Waals surface area contributed by atoms with E-state index in [0.29, 0.717) is 6.54 Å². The number of amides is 2. The van der Waals surface area contributed by atoms with Crippen LogP contribution in [0.5, 0.6) is 0 Å². The standard InChI is InChI=1S/C14H19N3O2S/c1-2-11-9-4-6-20-12(9)3-5-17(11)14(19)10-7-16-13(18)8-15-10/h4,6,10-11,15H,2-3,5,7-8H2,1H3,(H,16,18). The highest BCUT2D eigenvalue weighted by molar-refractivity contribution is 7.10. The summed E-state index contributed by atoms with van der Waals surface area (Å²) in [6.07, 6.45) is 1.86. The summed E-state index contributed by atoms with van der Waals surface area (Å²) in [7, 11) is 0. The first-order valence-electron chi connectivity index (χ1n) is 7.07. The molecule has 1 aromatic heterocycles. The minimum atomic E-state index is -0.290. The number of hydrogen-bond donors (Lipinski definition) is 2. The maximum absolute atomic E-state index is 12.7. The van der Waals surface area contributed by atoms with Crippen LogP contribution in [0.25, 0.3) is 0 Å². The van der Waals surface area contributed by atoms with E-state index in [-0.39, 0.29) is 30.4 Å². The third-order valence-electron chi connectivity index (χ3n) is 4.08. The van der Waals surface area contributed by atoms with Crippen LogP contribution in [-0.2, 0) is 16.0 Å². The molecule has 2 N–H and O–H groups in total. The largest absolute Gasteiger partial charge is 0.353 e. The summed E-state index contributed by atoms with van der Waals surface area (Å²) in [5.41, 5.74) is 1.30. The van der Waals surface area contributed by atoms with Gasteiger partial charge < -0.3 is 10.2 Å². The van der Waals surface area contributed by atoms with Gasteiger partial charge in [-0.3, -0.25) is 14.9 Å². The Morgan fingerprint density at radius 3 is 3.10 bits per heavy atom. The van der Waals surface area contributed by atoms with E-state index in [1.165, 1.54) is 10.4 Å². The van der Waals surface area contributed by atoms with Crippen molar-refractivity contribution in [2.45, 2.75) is 31.8 Å². The molecule has 1 aromatic rings. The monoisotopic (exact) mass is 293 g/mol. The van der Waals surface area contributed by atoms with Gasteiger partial charge in [0, 0.05) is 18.0 Å². The van der Waals surface area contributed by atoms with Crippen molar-refractivity contribution in [3.05, 3.63) is 21.9 Å². The second-order valence-electron chi connectivity index (χ2n) is 5.24. The van der Waals surface area contributed by atoms with Gasteiger partial charge in [0.15, 0.2) is 0 Å². The zero-order valence-electron chi connectivity index (χ0n) is 11.5. The fraction of sp³-hybridized carbons (Fsp3) is 0.571. The van der Waals surface area contributed by atoms with Crippen LogP contribution in [0, 0.1) is 0 Å². The Hall–Kier alpha value is -1.40. The van der Waals surface area contributed by atoms with Crippen molar-refractivity contribution < 1.29 is 9.59 Å². The van der Waals surface area contributed by atoms with E-state index in [0.717, 1.165) is 19.4 Å². The summed E-state index contributed by atoms with van der Waals surface area (Å²) in [6, 6.07) is 2.03. The molecular formula is C14H19N3O2S. The lowest BCUT2D eigenvalue weighted by Crippen LogP contribution is -2.59. The van der Waals surface area contributed by atoms with E-state index in [9.17, 15) is 9.59 Å². The maximum atomic E-state index is 12.7. The summed E-state index contributed by atoms with van der Waals surface area (Å²) >= 11 is 1.78. The summed E-state index contributed by atoms with van der Waals surface area (Å²) in [5, 5.41) is 7.89. The van der Waals surface area contributed by atoms with Crippen LogP contribution in [0.3, 0.4) is 0 Å². The molecule has 1 saturated heterocycles. The van der Waals surface area contributed by atoms with Crippen molar-refractivity contribution in [2.75, 3.05) is 19.6 Å². The molecule has 3 heterocycles. The molecule has 0 bridgehead atoms. The van der Waals surface area contributed by atoms with Crippen LogP contribution < -0.4 is 10.6 Å². The molecule has 0 aliphatic carbocycles. The molecule has 5 nitrogen and oxygen atoms in total. The smallest absolute Gasteiger partial charge is 0.242 e. The molecule has 20 heavy (non-hydrogen) atoms. The van der Waals surface area contributed by atoms with E-state index in [2.05, 4.69) is 29.0 Å². The van der Waals surface area contributed by atoms with E-state index in [1.807, 2.05) is 4.90 Å². The topological polar surface area (TPSA) is 61.4 Å². The average molecular weight is 293 g/mol. The van der Waals surface area contributed by atoms with Gasteiger partial charge in [-0.15, -0.1) is 11.3 Å². The van der Waals surface area contributed by atoms with Crippen molar-refractivity contribution in [1.82, 2.24) is 15.5 Å². The molecule has 0 spiro atoms. The molecule has 0 aromatic carbocycles. The summed E-state index contributed by atoms with van der Waals surface area (Å²) in [5.74, 6) is 0.0635. The molecule has 108 valence electrons. The van der Waals surface area contributed by atoms with Gasteiger partial charge >= 0.3 is 0 Å². The number of nitrogens with one attached hydrogen (secondary N) is 2. The highest BCUT2D eigenvalue weighted by Crippen LogP contribution is 2.35. The molecule has 6 heteroatoms. The molecular weight excluding hydrogens is 274 g/mol. The predicted octanol–water partition coefficient (Wildman–Crippen LogP) is 0.672. The zero-order chi connectivity index (χ0) is 14.1. The van der Waals surface area contributed by atoms with Gasteiger partial charge in [-0.05, 0) is 29.9 Å². The van der Waals surface area contributed by atoms with Crippen LogP contribution in [0.15, 0.2) is 11.4 Å². The number of carbonyl (C=O) groups is 2. The molecule has 1 fully saturated rings. The first kappa shape index (κ1) is 13.6. The Kier molecular flexibility index (Phi) is 3.76. The highest BCUT2D eigenvalue weighted by atomic mass is 32.1. The van der Waals surface area contributed by atoms with Gasteiger partial charge in [-0.25, -0.2) is 0 Å². The lowest BCUT2D eigenvalue weighted by atomic mass is 9.96. The van der Waals surface area contributed by atoms with Crippen molar-refractivity contribution in [3.63, 3.8) is 0 Å². The van der Waals surface area contributed by atoms with Crippen LogP contribution >= 0.6 is 11.3 Å². The fourth-order valence-corrected chi connectivity index (χ4v) is 3.97. The zero-order valence-corrected chi connectivity index (χ0v) is 12.3. The Balaban J connectivity index is 1.76. The average Bonchev–Trinajstić information content (AvgIpc) is 2.94. The van der Waals surface area contributed by atoms with Crippen LogP contribution in [0.2, 0.25) is 0 Å². The molecule has 2 unspecified atom stereocenters. The molecule has 2 aliphatic heterocycles. The van der Waals surface area contributed by atoms with Gasteiger partial charge in [0.2, 0.25) is 11.8 Å². The number of piperazine rings is 1. The molecule has 3 rings (SSSR count). The lowest BCUT2D eigenvalue weighted by molar-refractivity contribution is -0.137. The van der Waals surface area contributed by atoms with E-state index >= 15 is 0 Å². The molecule has 0 saturated carbocycles. The van der Waals surface area contributed by atoms with E-state index in [1.54, 1.807) is 11.3 Å². The summed E-state index contributed by atoms with van der Waals surface area (Å²) < 4.78 is 0. The fourth-order valence-electron chi connectivity index (χ4n) is 3.04. The van der Waals surface area contributed by atoms with Crippen LogP contribution in [0.4, 0.5) is 0 Å². The third-order valence-corrected chi connectivity index (χ3v) is 5.07. The number of thiophene rings is 1. The number of rotatable bonds is 2. The third kappa shape index (κ3) is 2.33. The number of fused-ring (bicyclic) bond motifs is 1. The minimum Gasteiger partial charge on any atom is -0.353 e. The maximum Gasteiger partial charge on any atom is 0.242 e. The molecule has 2 aliphatic rings. The van der Waals surface area contributed by atoms with Gasteiger partial charge in [-0.2, -0.15) is 0 Å². The predicted molar refractivity (Wildman–Crippen MR) is 77.6 cm³/mol. The van der Waals surface area contributed by atoms with Crippen molar-refractivity contribution >= 4 is 23.2 Å². The Morgan fingerprint density at radius 2 is 2.40 bits per heavy atom. The Bertz CT molecular complexity index is 518. The first-order chi connectivity index (χ1) is 9.70. The minimum absolute atomic E-state index is 0.0418. The number of hydrogen-bond acceptors (Lipinski definition) is 4. The summed E-state index contributed by atoms with van der Waals surface area (Å²) in [4.78, 5) is 27.2. The first-order valence-corrected chi connectivity index (χ1v) is 7.95. The quantitative estimate of drug-likeness (QED) is 0.842. The van der Waals surface area contributed by atoms with Gasteiger partial charge in [0.05, 0.1) is 12.6 Å². The lowest BCUT2D eigenvalue weighted by Gasteiger charge is -2.38. The van der Waals surface area contributed by atoms with Gasteiger partial charge in [0.25, 0.3) is 0 Å². The number of nitrogens with zero attached hydrogens (tertiary/aromatic N) is 1. The van der Waals surface area contributed by atoms with Crippen LogP contribution in [-0.4, -0.2) is 42.4 Å². The van der Waals surface area contributed by atoms with Gasteiger partial charge in [0.1, 0.15) is 6.04 Å². The number of carbonyl (C=O) groups excluding carboxylic acids is 2. The molecule has 0 radical (unpaired) electrons. The highest BCUT2D eigenvalue weighted by Gasteiger charge is 2.35. The normalized spacial score (nSPS) is 26.1. The molecule has 2 atom stereocenters. The van der Waals surface area contributed by atoms with Crippen molar-refractivity contribution in [1.29, 1.82) is 0 Å².